The van der Waals surface area contributed by atoms with E-state index in [-0.39, 0.29) is 11.1 Å². The van der Waals surface area contributed by atoms with E-state index < -0.39 is 5.54 Å². The molecule has 35 heavy (non-hydrogen) atoms. The van der Waals surface area contributed by atoms with Crippen LogP contribution in [0.5, 0.6) is 0 Å². The molecule has 2 N–H and O–H groups in total. The number of H-pyrrole nitrogens is 2. The van der Waals surface area contributed by atoms with E-state index in [1.807, 2.05) is 86.6 Å². The van der Waals surface area contributed by atoms with Crippen LogP contribution in [0, 0.1) is 13.8 Å². The number of halogens is 2. The molecule has 3 aromatic carbocycles. The Kier molecular flexibility index (Phi) is 5.91. The Balaban J connectivity index is 0.000000806. The minimum absolute atomic E-state index is 0.0964. The number of para-hydroxylation sites is 3. The van der Waals surface area contributed by atoms with Gasteiger partial charge >= 0.3 is 0 Å². The van der Waals surface area contributed by atoms with Crippen molar-refractivity contribution in [2.24, 2.45) is 0 Å². The molecule has 1 aliphatic heterocycles. The van der Waals surface area contributed by atoms with Crippen LogP contribution >= 0.6 is 23.2 Å². The third-order valence-corrected chi connectivity index (χ3v) is 6.71. The third kappa shape index (κ3) is 3.23. The Morgan fingerprint density at radius 3 is 1.77 bits per heavy atom. The molecule has 0 atom stereocenters. The van der Waals surface area contributed by atoms with E-state index in [1.54, 1.807) is 4.90 Å². The number of hydrogen-bond acceptors (Lipinski definition) is 2. The lowest BCUT2D eigenvalue weighted by Crippen LogP contribution is -2.49. The summed E-state index contributed by atoms with van der Waals surface area (Å²) in [6.07, 6.45) is 0.798. The highest BCUT2D eigenvalue weighted by Gasteiger charge is 2.57. The van der Waals surface area contributed by atoms with Gasteiger partial charge in [-0.3, -0.25) is 14.5 Å². The molecule has 0 aliphatic carbocycles. The third-order valence-electron chi connectivity index (χ3n) is 6.71. The number of alkyl halides is 2. The highest BCUT2D eigenvalue weighted by atomic mass is 35.5. The molecule has 5 nitrogen and oxygen atoms in total. The maximum absolute atomic E-state index is 14.4. The molecule has 0 bridgehead atoms. The van der Waals surface area contributed by atoms with Gasteiger partial charge in [0.1, 0.15) is 0 Å². The number of amides is 1. The summed E-state index contributed by atoms with van der Waals surface area (Å²) >= 11 is 9.53. The van der Waals surface area contributed by atoms with E-state index in [9.17, 15) is 9.59 Å². The first kappa shape index (κ1) is 23.2. The molecular formula is C28H23Cl2N3O2. The molecule has 0 spiro atoms. The van der Waals surface area contributed by atoms with Crippen molar-refractivity contribution in [3.63, 3.8) is 0 Å². The largest absolute Gasteiger partial charge is 0.358 e. The normalized spacial score (nSPS) is 14.2. The minimum Gasteiger partial charge on any atom is -0.358 e. The van der Waals surface area contributed by atoms with Crippen molar-refractivity contribution in [3.05, 3.63) is 101 Å². The molecule has 176 valence electrons. The summed E-state index contributed by atoms with van der Waals surface area (Å²) in [6.45, 7) is 3.95. The molecule has 1 aliphatic rings. The fourth-order valence-corrected chi connectivity index (χ4v) is 5.58. The van der Waals surface area contributed by atoms with Crippen molar-refractivity contribution in [3.8, 4) is 0 Å². The van der Waals surface area contributed by atoms with Crippen LogP contribution in [0.1, 0.15) is 32.9 Å². The topological polar surface area (TPSA) is 69.0 Å². The number of ketones is 1. The summed E-state index contributed by atoms with van der Waals surface area (Å²) in [6, 6.07) is 23.3. The van der Waals surface area contributed by atoms with Crippen molar-refractivity contribution in [1.82, 2.24) is 9.97 Å². The van der Waals surface area contributed by atoms with Gasteiger partial charge in [0.15, 0.2) is 11.3 Å². The van der Waals surface area contributed by atoms with Gasteiger partial charge in [-0.15, -0.1) is 23.2 Å². The Morgan fingerprint density at radius 2 is 1.26 bits per heavy atom. The number of fused-ring (bicyclic) bond motifs is 3. The van der Waals surface area contributed by atoms with Gasteiger partial charge in [0, 0.05) is 49.9 Å². The number of carbonyl (C=O) groups is 2. The summed E-state index contributed by atoms with van der Waals surface area (Å²) in [5.74, 6) is -0.0964. The summed E-state index contributed by atoms with van der Waals surface area (Å²) < 4.78 is 0. The number of benzene rings is 3. The average Bonchev–Trinajstić information content (AvgIpc) is 3.46. The van der Waals surface area contributed by atoms with Crippen LogP contribution in [-0.2, 0) is 10.3 Å². The average molecular weight is 504 g/mol. The number of aromatic nitrogens is 2. The maximum atomic E-state index is 14.4. The molecule has 0 saturated carbocycles. The zero-order valence-corrected chi connectivity index (χ0v) is 20.7. The molecule has 2 aromatic heterocycles. The van der Waals surface area contributed by atoms with Crippen LogP contribution in [0.3, 0.4) is 0 Å². The van der Waals surface area contributed by atoms with Crippen molar-refractivity contribution >= 4 is 62.9 Å². The maximum Gasteiger partial charge on any atom is 0.215 e. The van der Waals surface area contributed by atoms with Crippen LogP contribution in [0.4, 0.5) is 5.69 Å². The highest BCUT2D eigenvalue weighted by molar-refractivity contribution is 6.40. The predicted octanol–water partition coefficient (Wildman–Crippen LogP) is 6.79. The molecule has 0 fully saturated rings. The SMILES string of the molecule is Cc1[nH]c2ccccc2c1C1(c2c(C)[nH]c3ccccc23)C(=O)c2ccccc2N1C=O.ClCCl. The number of aromatic amines is 2. The Hall–Kier alpha value is -3.54. The summed E-state index contributed by atoms with van der Waals surface area (Å²) in [7, 11) is 0. The van der Waals surface area contributed by atoms with Crippen LogP contribution in [-0.4, -0.2) is 27.5 Å². The van der Waals surface area contributed by atoms with Gasteiger partial charge in [-0.2, -0.15) is 0 Å². The number of nitrogens with one attached hydrogen (secondary N) is 2. The molecule has 0 unspecified atom stereocenters. The summed E-state index contributed by atoms with van der Waals surface area (Å²) in [5, 5.41) is 2.06. The van der Waals surface area contributed by atoms with E-state index >= 15 is 0 Å². The Labute approximate surface area is 212 Å². The fraction of sp³-hybridized carbons (Fsp3) is 0.143. The van der Waals surface area contributed by atoms with E-state index in [1.165, 1.54) is 0 Å². The number of nitrogens with zero attached hydrogens (tertiary/aromatic N) is 1. The van der Waals surface area contributed by atoms with E-state index in [0.717, 1.165) is 50.7 Å². The lowest BCUT2D eigenvalue weighted by Gasteiger charge is -2.36. The van der Waals surface area contributed by atoms with Gasteiger partial charge in [0.05, 0.1) is 11.0 Å². The lowest BCUT2D eigenvalue weighted by molar-refractivity contribution is -0.108. The molecule has 6 rings (SSSR count). The number of Topliss-reactive ketones (excluding diaryl/α,β-unsaturated/α-hetero) is 1. The van der Waals surface area contributed by atoms with Gasteiger partial charge in [0.25, 0.3) is 0 Å². The number of anilines is 1. The van der Waals surface area contributed by atoms with Crippen molar-refractivity contribution in [2.45, 2.75) is 19.4 Å². The lowest BCUT2D eigenvalue weighted by atomic mass is 9.76. The van der Waals surface area contributed by atoms with E-state index in [0.29, 0.717) is 11.3 Å². The van der Waals surface area contributed by atoms with Crippen LogP contribution in [0.25, 0.3) is 21.8 Å². The van der Waals surface area contributed by atoms with Crippen LogP contribution < -0.4 is 4.90 Å². The molecule has 0 saturated heterocycles. The fourth-order valence-electron chi connectivity index (χ4n) is 5.58. The van der Waals surface area contributed by atoms with E-state index in [2.05, 4.69) is 9.97 Å². The monoisotopic (exact) mass is 503 g/mol. The van der Waals surface area contributed by atoms with Gasteiger partial charge in [-0.1, -0.05) is 48.5 Å². The Bertz CT molecular complexity index is 1500. The van der Waals surface area contributed by atoms with Crippen molar-refractivity contribution in [2.75, 3.05) is 10.2 Å². The van der Waals surface area contributed by atoms with E-state index in [4.69, 9.17) is 23.2 Å². The second-order valence-corrected chi connectivity index (χ2v) is 9.28. The smallest absolute Gasteiger partial charge is 0.215 e. The second kappa shape index (κ2) is 8.91. The molecule has 0 radical (unpaired) electrons. The van der Waals surface area contributed by atoms with Crippen LogP contribution in [0.2, 0.25) is 0 Å². The number of rotatable bonds is 3. The van der Waals surface area contributed by atoms with Gasteiger partial charge in [-0.05, 0) is 38.1 Å². The predicted molar refractivity (Wildman–Crippen MR) is 143 cm³/mol. The summed E-state index contributed by atoms with van der Waals surface area (Å²) in [4.78, 5) is 35.7. The molecular weight excluding hydrogens is 481 g/mol. The first-order valence-corrected chi connectivity index (χ1v) is 12.2. The first-order valence-electron chi connectivity index (χ1n) is 11.2. The number of aryl methyl sites for hydroxylation is 2. The minimum atomic E-state index is -1.32. The van der Waals surface area contributed by atoms with Gasteiger partial charge in [0.2, 0.25) is 6.41 Å². The quantitative estimate of drug-likeness (QED) is 0.210. The molecule has 1 amide bonds. The first-order chi connectivity index (χ1) is 17.0. The van der Waals surface area contributed by atoms with Gasteiger partial charge < -0.3 is 9.97 Å². The molecule has 5 aromatic rings. The zero-order valence-electron chi connectivity index (χ0n) is 19.2. The molecule has 7 heteroatoms. The number of carbonyl (C=O) groups excluding carboxylic acids is 2. The van der Waals surface area contributed by atoms with Crippen LogP contribution in [0.15, 0.2) is 72.8 Å². The van der Waals surface area contributed by atoms with Crippen molar-refractivity contribution < 1.29 is 9.59 Å². The standard InChI is InChI=1S/C27H21N3O2.CH2Cl2/c1-16-24(18-9-3-6-12-21(18)28-16)27(25-17(2)29-22-13-7-4-10-19(22)25)26(32)20-11-5-8-14-23(20)30(27)15-31;2-1-3/h3-15,28-29H,1-2H3;1H2. The molecule has 3 heterocycles. The summed E-state index contributed by atoms with van der Waals surface area (Å²) in [5.41, 5.74) is 5.09. The number of hydrogen-bond donors (Lipinski definition) is 2. The Morgan fingerprint density at radius 1 is 0.800 bits per heavy atom. The zero-order chi connectivity index (χ0) is 24.7. The van der Waals surface area contributed by atoms with Crippen molar-refractivity contribution in [1.29, 1.82) is 0 Å². The van der Waals surface area contributed by atoms with Gasteiger partial charge in [-0.25, -0.2) is 0 Å². The second-order valence-electron chi connectivity index (χ2n) is 8.47. The highest BCUT2D eigenvalue weighted by Crippen LogP contribution is 2.53.